The van der Waals surface area contributed by atoms with E-state index in [1.165, 1.54) is 17.7 Å². The van der Waals surface area contributed by atoms with Crippen molar-refractivity contribution >= 4 is 22.2 Å². The van der Waals surface area contributed by atoms with E-state index < -0.39 is 0 Å². The highest BCUT2D eigenvalue weighted by molar-refractivity contribution is 7.16. The molecular formula is C18H21N3O2S. The van der Waals surface area contributed by atoms with E-state index in [4.69, 9.17) is 4.52 Å². The number of hydrogen-bond acceptors (Lipinski definition) is 5. The zero-order valence-electron chi connectivity index (χ0n) is 14.1. The lowest BCUT2D eigenvalue weighted by Crippen LogP contribution is -2.14. The van der Waals surface area contributed by atoms with Crippen molar-refractivity contribution in [3.05, 3.63) is 33.0 Å². The first-order valence-corrected chi connectivity index (χ1v) is 9.28. The highest BCUT2D eigenvalue weighted by Gasteiger charge is 2.24. The number of aryl methyl sites for hydroxylation is 3. The van der Waals surface area contributed by atoms with Crippen LogP contribution in [0.1, 0.15) is 70.4 Å². The van der Waals surface area contributed by atoms with Crippen molar-refractivity contribution in [2.75, 3.05) is 5.32 Å². The average molecular weight is 343 g/mol. The van der Waals surface area contributed by atoms with Crippen molar-refractivity contribution in [3.63, 3.8) is 0 Å². The van der Waals surface area contributed by atoms with Crippen molar-refractivity contribution in [3.8, 4) is 6.07 Å². The number of aromatic nitrogens is 1. The van der Waals surface area contributed by atoms with Crippen LogP contribution in [-0.2, 0) is 19.3 Å². The van der Waals surface area contributed by atoms with Crippen LogP contribution in [0.25, 0.3) is 0 Å². The fourth-order valence-corrected chi connectivity index (χ4v) is 4.48. The Kier molecular flexibility index (Phi) is 5.00. The Morgan fingerprint density at radius 1 is 1.33 bits per heavy atom. The highest BCUT2D eigenvalue weighted by atomic mass is 32.1. The summed E-state index contributed by atoms with van der Waals surface area (Å²) in [6.07, 6.45) is 7.26. The number of nitriles is 1. The first kappa shape index (κ1) is 16.7. The van der Waals surface area contributed by atoms with Gasteiger partial charge in [-0.2, -0.15) is 5.26 Å². The molecule has 0 aliphatic heterocycles. The lowest BCUT2D eigenvalue weighted by molar-refractivity contribution is 0.102. The van der Waals surface area contributed by atoms with Crippen LogP contribution in [0.15, 0.2) is 4.52 Å². The first-order chi connectivity index (χ1) is 11.7. The maximum absolute atomic E-state index is 12.7. The molecule has 0 unspecified atom stereocenters. The summed E-state index contributed by atoms with van der Waals surface area (Å²) in [4.78, 5) is 13.9. The molecule has 0 saturated heterocycles. The second-order valence-electron chi connectivity index (χ2n) is 6.10. The third-order valence-corrected chi connectivity index (χ3v) is 5.71. The van der Waals surface area contributed by atoms with E-state index in [2.05, 4.69) is 16.5 Å². The number of fused-ring (bicyclic) bond motifs is 1. The smallest absolute Gasteiger partial charge is 0.261 e. The van der Waals surface area contributed by atoms with Crippen LogP contribution in [0, 0.1) is 18.3 Å². The monoisotopic (exact) mass is 343 g/mol. The van der Waals surface area contributed by atoms with Gasteiger partial charge in [-0.15, -0.1) is 11.3 Å². The van der Waals surface area contributed by atoms with Gasteiger partial charge in [-0.1, -0.05) is 24.9 Å². The maximum atomic E-state index is 12.7. The van der Waals surface area contributed by atoms with Gasteiger partial charge in [0.1, 0.15) is 22.4 Å². The summed E-state index contributed by atoms with van der Waals surface area (Å²) in [6.45, 7) is 3.67. The third kappa shape index (κ3) is 3.09. The third-order valence-electron chi connectivity index (χ3n) is 4.51. The number of nitrogens with one attached hydrogen (secondary N) is 1. The number of hydrogen-bond donors (Lipinski definition) is 1. The van der Waals surface area contributed by atoms with Gasteiger partial charge in [-0.3, -0.25) is 4.79 Å². The fourth-order valence-electron chi connectivity index (χ4n) is 3.24. The van der Waals surface area contributed by atoms with Crippen molar-refractivity contribution in [2.24, 2.45) is 0 Å². The highest BCUT2D eigenvalue weighted by Crippen LogP contribution is 2.37. The Morgan fingerprint density at radius 2 is 2.08 bits per heavy atom. The van der Waals surface area contributed by atoms with Gasteiger partial charge in [0.2, 0.25) is 0 Å². The van der Waals surface area contributed by atoms with Crippen molar-refractivity contribution in [2.45, 2.75) is 58.8 Å². The molecule has 6 heteroatoms. The molecule has 0 fully saturated rings. The second-order valence-corrected chi connectivity index (χ2v) is 7.21. The van der Waals surface area contributed by atoms with Gasteiger partial charge in [0.05, 0.1) is 11.3 Å². The second kappa shape index (κ2) is 7.18. The van der Waals surface area contributed by atoms with Crippen LogP contribution >= 0.6 is 11.3 Å². The number of thiophene rings is 1. The van der Waals surface area contributed by atoms with Gasteiger partial charge in [-0.05, 0) is 44.6 Å². The largest absolute Gasteiger partial charge is 0.361 e. The SMILES string of the molecule is CCc1noc(C)c1C(=O)Nc1sc2c(c1C#N)CCCCCC2. The Bertz CT molecular complexity index is 798. The van der Waals surface area contributed by atoms with Crippen molar-refractivity contribution in [1.82, 2.24) is 5.16 Å². The maximum Gasteiger partial charge on any atom is 0.261 e. The summed E-state index contributed by atoms with van der Waals surface area (Å²) in [5.41, 5.74) is 2.91. The Balaban J connectivity index is 1.92. The molecule has 1 N–H and O–H groups in total. The summed E-state index contributed by atoms with van der Waals surface area (Å²) < 4.78 is 5.14. The van der Waals surface area contributed by atoms with Gasteiger partial charge < -0.3 is 9.84 Å². The lowest BCUT2D eigenvalue weighted by atomic mass is 9.97. The van der Waals surface area contributed by atoms with E-state index in [9.17, 15) is 10.1 Å². The Hall–Kier alpha value is -2.13. The molecule has 126 valence electrons. The number of anilines is 1. The quantitative estimate of drug-likeness (QED) is 0.896. The molecule has 2 aromatic heterocycles. The van der Waals surface area contributed by atoms with E-state index in [-0.39, 0.29) is 5.91 Å². The zero-order chi connectivity index (χ0) is 17.1. The van der Waals surface area contributed by atoms with E-state index in [1.54, 1.807) is 18.3 Å². The number of carbonyl (C=O) groups excluding carboxylic acids is 1. The molecular weight excluding hydrogens is 322 g/mol. The molecule has 2 aromatic rings. The van der Waals surface area contributed by atoms with Crippen LogP contribution in [-0.4, -0.2) is 11.1 Å². The van der Waals surface area contributed by atoms with Gasteiger partial charge in [0.25, 0.3) is 5.91 Å². The molecule has 24 heavy (non-hydrogen) atoms. The predicted molar refractivity (Wildman–Crippen MR) is 93.5 cm³/mol. The topological polar surface area (TPSA) is 78.9 Å². The molecule has 0 bridgehead atoms. The van der Waals surface area contributed by atoms with Crippen LogP contribution in [0.3, 0.4) is 0 Å². The summed E-state index contributed by atoms with van der Waals surface area (Å²) in [5.74, 6) is 0.272. The van der Waals surface area contributed by atoms with E-state index in [0.717, 1.165) is 31.2 Å². The molecule has 0 saturated carbocycles. The van der Waals surface area contributed by atoms with Crippen LogP contribution in [0.5, 0.6) is 0 Å². The molecule has 2 heterocycles. The predicted octanol–water partition coefficient (Wildman–Crippen LogP) is 4.39. The number of rotatable bonds is 3. The Labute approximate surface area is 145 Å². The summed E-state index contributed by atoms with van der Waals surface area (Å²) >= 11 is 1.55. The molecule has 0 radical (unpaired) electrons. The van der Waals surface area contributed by atoms with Crippen LogP contribution < -0.4 is 5.32 Å². The normalized spacial score (nSPS) is 14.4. The number of carbonyl (C=O) groups is 1. The van der Waals surface area contributed by atoms with Crippen LogP contribution in [0.2, 0.25) is 0 Å². The summed E-state index contributed by atoms with van der Waals surface area (Å²) in [6, 6.07) is 2.30. The minimum atomic E-state index is -0.240. The van der Waals surface area contributed by atoms with E-state index in [1.807, 2.05) is 6.92 Å². The molecule has 1 aliphatic carbocycles. The molecule has 1 aliphatic rings. The Morgan fingerprint density at radius 3 is 2.79 bits per heavy atom. The molecule has 5 nitrogen and oxygen atoms in total. The van der Waals surface area contributed by atoms with E-state index in [0.29, 0.717) is 34.0 Å². The number of nitrogens with zero attached hydrogens (tertiary/aromatic N) is 2. The van der Waals surface area contributed by atoms with Gasteiger partial charge in [0, 0.05) is 4.88 Å². The zero-order valence-corrected chi connectivity index (χ0v) is 14.9. The fraction of sp³-hybridized carbons (Fsp3) is 0.500. The summed E-state index contributed by atoms with van der Waals surface area (Å²) in [7, 11) is 0. The molecule has 0 atom stereocenters. The van der Waals surface area contributed by atoms with Gasteiger partial charge in [-0.25, -0.2) is 0 Å². The van der Waals surface area contributed by atoms with Gasteiger partial charge >= 0.3 is 0 Å². The van der Waals surface area contributed by atoms with Crippen LogP contribution in [0.4, 0.5) is 5.00 Å². The first-order valence-electron chi connectivity index (χ1n) is 8.46. The van der Waals surface area contributed by atoms with E-state index >= 15 is 0 Å². The minimum Gasteiger partial charge on any atom is -0.361 e. The molecule has 1 amide bonds. The minimum absolute atomic E-state index is 0.240. The van der Waals surface area contributed by atoms with Crippen molar-refractivity contribution < 1.29 is 9.32 Å². The lowest BCUT2D eigenvalue weighted by Gasteiger charge is -2.08. The molecule has 3 rings (SSSR count). The molecule has 0 aromatic carbocycles. The molecule has 0 spiro atoms. The standard InChI is InChI=1S/C18H21N3O2S/c1-3-14-16(11(2)23-21-14)17(22)20-18-13(10-19)12-8-6-4-5-7-9-15(12)24-18/h3-9H2,1-2H3,(H,20,22). The summed E-state index contributed by atoms with van der Waals surface area (Å²) in [5, 5.41) is 17.1. The van der Waals surface area contributed by atoms with Gasteiger partial charge in [0.15, 0.2) is 0 Å². The average Bonchev–Trinajstić information content (AvgIpc) is 3.07. The number of amides is 1. The van der Waals surface area contributed by atoms with Crippen molar-refractivity contribution in [1.29, 1.82) is 5.26 Å².